The molecule has 1 fully saturated rings. The second kappa shape index (κ2) is 14.6. The summed E-state index contributed by atoms with van der Waals surface area (Å²) in [6.45, 7) is 2.34. The van der Waals surface area contributed by atoms with Crippen LogP contribution in [0.4, 0.5) is 0 Å². The molecule has 0 aliphatic carbocycles. The van der Waals surface area contributed by atoms with Crippen molar-refractivity contribution in [2.24, 2.45) is 0 Å². The highest BCUT2D eigenvalue weighted by atomic mass is 32.2. The van der Waals surface area contributed by atoms with Gasteiger partial charge in [0.15, 0.2) is 0 Å². The number of ether oxygens (including phenoxy) is 3. The first-order valence-electron chi connectivity index (χ1n) is 13.1. The number of thioether (sulfide) groups is 2. The van der Waals surface area contributed by atoms with Crippen LogP contribution in [-0.2, 0) is 39.8 Å². The third-order valence-corrected chi connectivity index (χ3v) is 9.62. The van der Waals surface area contributed by atoms with E-state index in [-0.39, 0.29) is 22.0 Å². The molecule has 1 aliphatic rings. The van der Waals surface area contributed by atoms with E-state index in [0.717, 1.165) is 5.75 Å². The van der Waals surface area contributed by atoms with Gasteiger partial charge in [-0.25, -0.2) is 0 Å². The zero-order chi connectivity index (χ0) is 25.8. The van der Waals surface area contributed by atoms with E-state index < -0.39 is 0 Å². The average molecular weight is 543 g/mol. The van der Waals surface area contributed by atoms with Crippen LogP contribution in [0.3, 0.4) is 0 Å². The van der Waals surface area contributed by atoms with Crippen LogP contribution in [0.1, 0.15) is 22.3 Å². The molecular formula is C33H34O3S2. The highest BCUT2D eigenvalue weighted by Gasteiger charge is 2.46. The van der Waals surface area contributed by atoms with E-state index in [1.807, 2.05) is 41.7 Å². The molecule has 4 aromatic carbocycles. The lowest BCUT2D eigenvalue weighted by molar-refractivity contribution is -0.0793. The predicted octanol–water partition coefficient (Wildman–Crippen LogP) is 7.75. The first-order valence-corrected chi connectivity index (χ1v) is 15.1. The quantitative estimate of drug-likeness (QED) is 0.172. The maximum absolute atomic E-state index is 6.66. The van der Waals surface area contributed by atoms with E-state index in [1.165, 1.54) is 22.3 Å². The van der Waals surface area contributed by atoms with Crippen molar-refractivity contribution in [3.8, 4) is 0 Å². The van der Waals surface area contributed by atoms with Crippen molar-refractivity contribution in [2.45, 2.75) is 47.6 Å². The average Bonchev–Trinajstić information content (AvgIpc) is 3.32. The predicted molar refractivity (Wildman–Crippen MR) is 159 cm³/mol. The van der Waals surface area contributed by atoms with Crippen LogP contribution in [0.5, 0.6) is 0 Å². The SMILES string of the molecule is c1ccc(COC[C@H]2SC(SCc3ccccc3)[C@H](OCc3ccccc3)[C@@H]2OCc2ccccc2)cc1. The molecule has 0 amide bonds. The van der Waals surface area contributed by atoms with Gasteiger partial charge in [-0.05, 0) is 22.3 Å². The minimum absolute atomic E-state index is 0.0528. The van der Waals surface area contributed by atoms with E-state index in [9.17, 15) is 0 Å². The molecule has 38 heavy (non-hydrogen) atoms. The second-order valence-corrected chi connectivity index (χ2v) is 12.2. The van der Waals surface area contributed by atoms with Crippen LogP contribution in [0.25, 0.3) is 0 Å². The number of hydrogen-bond donors (Lipinski definition) is 0. The zero-order valence-corrected chi connectivity index (χ0v) is 23.1. The fourth-order valence-electron chi connectivity index (χ4n) is 4.49. The summed E-state index contributed by atoms with van der Waals surface area (Å²) in [5.41, 5.74) is 4.85. The third-order valence-electron chi connectivity index (χ3n) is 6.49. The lowest BCUT2D eigenvalue weighted by Gasteiger charge is -2.26. The molecule has 0 radical (unpaired) electrons. The van der Waals surface area contributed by atoms with E-state index in [0.29, 0.717) is 26.4 Å². The fraction of sp³-hybridized carbons (Fsp3) is 0.273. The van der Waals surface area contributed by atoms with Crippen molar-refractivity contribution < 1.29 is 14.2 Å². The fourth-order valence-corrected chi connectivity index (χ4v) is 7.71. The smallest absolute Gasteiger partial charge is 0.106 e. The van der Waals surface area contributed by atoms with E-state index in [4.69, 9.17) is 14.2 Å². The first-order chi connectivity index (χ1) is 18.8. The lowest BCUT2D eigenvalue weighted by Crippen LogP contribution is -2.38. The van der Waals surface area contributed by atoms with E-state index in [1.54, 1.807) is 0 Å². The van der Waals surface area contributed by atoms with Crippen LogP contribution < -0.4 is 0 Å². The Labute approximate surface area is 234 Å². The van der Waals surface area contributed by atoms with Crippen LogP contribution >= 0.6 is 23.5 Å². The molecule has 1 saturated heterocycles. The Bertz CT molecular complexity index is 1190. The van der Waals surface area contributed by atoms with Gasteiger partial charge in [0.1, 0.15) is 12.2 Å². The molecule has 5 heteroatoms. The Hall–Kier alpha value is -2.54. The molecule has 0 aromatic heterocycles. The molecule has 0 N–H and O–H groups in total. The van der Waals surface area contributed by atoms with Gasteiger partial charge in [0.2, 0.25) is 0 Å². The van der Waals surface area contributed by atoms with Crippen molar-refractivity contribution in [3.63, 3.8) is 0 Å². The van der Waals surface area contributed by atoms with Gasteiger partial charge < -0.3 is 14.2 Å². The van der Waals surface area contributed by atoms with Gasteiger partial charge >= 0.3 is 0 Å². The van der Waals surface area contributed by atoms with Gasteiger partial charge in [0, 0.05) is 5.75 Å². The minimum Gasteiger partial charge on any atom is -0.376 e. The highest BCUT2D eigenvalue weighted by molar-refractivity contribution is 8.17. The maximum atomic E-state index is 6.66. The molecule has 1 heterocycles. The Morgan fingerprint density at radius 2 is 0.974 bits per heavy atom. The van der Waals surface area contributed by atoms with Crippen molar-refractivity contribution in [2.75, 3.05) is 6.61 Å². The maximum Gasteiger partial charge on any atom is 0.106 e. The van der Waals surface area contributed by atoms with E-state index >= 15 is 0 Å². The Morgan fingerprint density at radius 1 is 0.526 bits per heavy atom. The van der Waals surface area contributed by atoms with Gasteiger partial charge in [-0.3, -0.25) is 0 Å². The second-order valence-electron chi connectivity index (χ2n) is 9.36. The number of benzene rings is 4. The van der Waals surface area contributed by atoms with Gasteiger partial charge in [0.05, 0.1) is 36.3 Å². The summed E-state index contributed by atoms with van der Waals surface area (Å²) >= 11 is 3.88. The molecule has 196 valence electrons. The highest BCUT2D eigenvalue weighted by Crippen LogP contribution is 2.45. The van der Waals surface area contributed by atoms with Crippen LogP contribution in [0.15, 0.2) is 121 Å². The molecule has 0 saturated carbocycles. The van der Waals surface area contributed by atoms with Crippen molar-refractivity contribution in [3.05, 3.63) is 144 Å². The molecule has 1 aliphatic heterocycles. The Balaban J connectivity index is 1.31. The summed E-state index contributed by atoms with van der Waals surface area (Å²) in [5.74, 6) is 0.937. The van der Waals surface area contributed by atoms with Gasteiger partial charge in [-0.1, -0.05) is 121 Å². The van der Waals surface area contributed by atoms with Gasteiger partial charge in [-0.15, -0.1) is 23.5 Å². The van der Waals surface area contributed by atoms with Crippen LogP contribution in [0.2, 0.25) is 0 Å². The van der Waals surface area contributed by atoms with Gasteiger partial charge in [-0.2, -0.15) is 0 Å². The Morgan fingerprint density at radius 3 is 1.50 bits per heavy atom. The summed E-state index contributed by atoms with van der Waals surface area (Å²) in [6, 6.07) is 41.8. The van der Waals surface area contributed by atoms with E-state index in [2.05, 4.69) is 103 Å². The van der Waals surface area contributed by atoms with Crippen LogP contribution in [0, 0.1) is 0 Å². The van der Waals surface area contributed by atoms with Gasteiger partial charge in [0.25, 0.3) is 0 Å². The number of hydrogen-bond acceptors (Lipinski definition) is 5. The lowest BCUT2D eigenvalue weighted by atomic mass is 10.1. The van der Waals surface area contributed by atoms with Crippen molar-refractivity contribution >= 4 is 23.5 Å². The molecule has 1 unspecified atom stereocenters. The van der Waals surface area contributed by atoms with Crippen LogP contribution in [-0.4, -0.2) is 28.6 Å². The molecule has 0 spiro atoms. The minimum atomic E-state index is -0.0760. The summed E-state index contributed by atoms with van der Waals surface area (Å²) in [7, 11) is 0. The molecule has 4 aromatic rings. The zero-order valence-electron chi connectivity index (χ0n) is 21.4. The summed E-state index contributed by atoms with van der Waals surface area (Å²) in [6.07, 6.45) is -0.129. The topological polar surface area (TPSA) is 27.7 Å². The molecule has 5 rings (SSSR count). The molecule has 4 atom stereocenters. The van der Waals surface area contributed by atoms with Crippen molar-refractivity contribution in [1.82, 2.24) is 0 Å². The largest absolute Gasteiger partial charge is 0.376 e. The normalized spacial score (nSPS) is 20.9. The van der Waals surface area contributed by atoms with Crippen molar-refractivity contribution in [1.29, 1.82) is 0 Å². The monoisotopic (exact) mass is 542 g/mol. The molecule has 3 nitrogen and oxygen atoms in total. The summed E-state index contributed by atoms with van der Waals surface area (Å²) in [5, 5.41) is 0.177. The summed E-state index contributed by atoms with van der Waals surface area (Å²) < 4.78 is 19.8. The molecule has 0 bridgehead atoms. The molecular weight excluding hydrogens is 508 g/mol. The third kappa shape index (κ3) is 7.98. The number of rotatable bonds is 13. The standard InChI is InChI=1S/C33H34O3S2/c1-5-13-26(14-6-1)21-34-24-30-31(35-22-27-15-7-2-8-16-27)32(36-23-28-17-9-3-10-18-28)33(38-30)37-25-29-19-11-4-12-20-29/h1-20,30-33H,21-25H2/t30-,31-,32-,33?/m1/s1. The summed E-state index contributed by atoms with van der Waals surface area (Å²) in [4.78, 5) is 0. The Kier molecular flexibility index (Phi) is 10.4. The first kappa shape index (κ1) is 27.0.